The van der Waals surface area contributed by atoms with Crippen LogP contribution in [0.4, 0.5) is 5.69 Å². The van der Waals surface area contributed by atoms with Gasteiger partial charge >= 0.3 is 5.97 Å². The maximum atomic E-state index is 11.6. The van der Waals surface area contributed by atoms with Crippen molar-refractivity contribution >= 4 is 27.6 Å². The van der Waals surface area contributed by atoms with Crippen molar-refractivity contribution in [3.63, 3.8) is 0 Å². The number of hydrogen-bond acceptors (Lipinski definition) is 4. The van der Waals surface area contributed by atoms with Crippen LogP contribution in [-0.4, -0.2) is 23.6 Å². The molecule has 1 heterocycles. The van der Waals surface area contributed by atoms with Crippen LogP contribution in [0.2, 0.25) is 0 Å². The van der Waals surface area contributed by atoms with Gasteiger partial charge < -0.3 is 10.1 Å². The Hall–Kier alpha value is -1.10. The van der Waals surface area contributed by atoms with Crippen molar-refractivity contribution in [2.45, 2.75) is 26.8 Å². The zero-order valence-corrected chi connectivity index (χ0v) is 11.2. The molecule has 0 spiro atoms. The van der Waals surface area contributed by atoms with Gasteiger partial charge in [0.2, 0.25) is 0 Å². The highest BCUT2D eigenvalue weighted by molar-refractivity contribution is 9.10. The molecule has 0 amide bonds. The fourth-order valence-corrected chi connectivity index (χ4v) is 1.56. The van der Waals surface area contributed by atoms with Crippen LogP contribution in [0.25, 0.3) is 0 Å². The molecule has 1 rings (SSSR count). The Balaban J connectivity index is 3.02. The van der Waals surface area contributed by atoms with Gasteiger partial charge in [0.1, 0.15) is 10.2 Å². The molecule has 0 radical (unpaired) electrons. The summed E-state index contributed by atoms with van der Waals surface area (Å²) >= 11 is 3.27. The molecule has 1 aromatic heterocycles. The lowest BCUT2D eigenvalue weighted by atomic mass is 10.2. The van der Waals surface area contributed by atoms with E-state index in [2.05, 4.69) is 26.2 Å². The second-order valence-electron chi connectivity index (χ2n) is 3.57. The number of nitrogens with zero attached hydrogens (tertiary/aromatic N) is 1. The summed E-state index contributed by atoms with van der Waals surface area (Å²) in [5.41, 5.74) is 1.19. The first kappa shape index (κ1) is 13.0. The van der Waals surface area contributed by atoms with Gasteiger partial charge in [0, 0.05) is 12.2 Å². The van der Waals surface area contributed by atoms with E-state index in [1.165, 1.54) is 6.20 Å². The molecule has 0 fully saturated rings. The molecule has 0 aliphatic heterocycles. The molecule has 0 bridgehead atoms. The Morgan fingerprint density at radius 3 is 2.88 bits per heavy atom. The molecule has 16 heavy (non-hydrogen) atoms. The van der Waals surface area contributed by atoms with Crippen molar-refractivity contribution in [1.29, 1.82) is 0 Å². The third kappa shape index (κ3) is 3.48. The molecule has 88 valence electrons. The van der Waals surface area contributed by atoms with Gasteiger partial charge in [-0.3, -0.25) is 0 Å². The molecule has 0 aliphatic carbocycles. The molecule has 1 N–H and O–H groups in total. The van der Waals surface area contributed by atoms with E-state index in [1.807, 2.05) is 13.8 Å². The average Bonchev–Trinajstić information content (AvgIpc) is 2.16. The predicted octanol–water partition coefficient (Wildman–Crippen LogP) is 2.84. The highest BCUT2D eigenvalue weighted by Crippen LogP contribution is 2.20. The molecule has 0 saturated heterocycles. The largest absolute Gasteiger partial charge is 0.462 e. The number of hydrogen-bond donors (Lipinski definition) is 1. The summed E-state index contributed by atoms with van der Waals surface area (Å²) in [5.74, 6) is -0.356. The van der Waals surface area contributed by atoms with Crippen LogP contribution in [0.15, 0.2) is 16.9 Å². The normalized spacial score (nSPS) is 10.3. The van der Waals surface area contributed by atoms with Crippen LogP contribution in [0.5, 0.6) is 0 Å². The van der Waals surface area contributed by atoms with Crippen molar-refractivity contribution in [2.75, 3.05) is 11.9 Å². The maximum Gasteiger partial charge on any atom is 0.341 e. The summed E-state index contributed by atoms with van der Waals surface area (Å²) in [6, 6.07) is 2.01. The molecule has 0 saturated carbocycles. The number of carbonyl (C=O) groups excluding carboxylic acids is 1. The highest BCUT2D eigenvalue weighted by atomic mass is 79.9. The number of rotatable bonds is 4. The van der Waals surface area contributed by atoms with E-state index in [1.54, 1.807) is 13.0 Å². The van der Waals surface area contributed by atoms with Gasteiger partial charge in [0.05, 0.1) is 12.3 Å². The van der Waals surface area contributed by atoms with E-state index < -0.39 is 0 Å². The quantitative estimate of drug-likeness (QED) is 0.683. The average molecular weight is 287 g/mol. The first-order chi connectivity index (χ1) is 7.54. The summed E-state index contributed by atoms with van der Waals surface area (Å²) in [4.78, 5) is 15.7. The molecule has 0 unspecified atom stereocenters. The van der Waals surface area contributed by atoms with Crippen LogP contribution in [0, 0.1) is 0 Å². The van der Waals surface area contributed by atoms with Gasteiger partial charge in [-0.1, -0.05) is 0 Å². The van der Waals surface area contributed by atoms with Crippen LogP contribution < -0.4 is 5.32 Å². The van der Waals surface area contributed by atoms with Crippen molar-refractivity contribution in [1.82, 2.24) is 4.98 Å². The Labute approximate surface area is 104 Å². The van der Waals surface area contributed by atoms with Gasteiger partial charge in [-0.05, 0) is 42.8 Å². The lowest BCUT2D eigenvalue weighted by Gasteiger charge is -2.13. The predicted molar refractivity (Wildman–Crippen MR) is 66.7 cm³/mol. The SMILES string of the molecule is CCOC(=O)c1cnc(Br)cc1NC(C)C. The first-order valence-corrected chi connectivity index (χ1v) is 5.93. The summed E-state index contributed by atoms with van der Waals surface area (Å²) in [5, 5.41) is 3.18. The van der Waals surface area contributed by atoms with Crippen molar-refractivity contribution < 1.29 is 9.53 Å². The fraction of sp³-hybridized carbons (Fsp3) is 0.455. The van der Waals surface area contributed by atoms with Crippen molar-refractivity contribution in [3.05, 3.63) is 22.4 Å². The Bertz CT molecular complexity index is 380. The maximum absolute atomic E-state index is 11.6. The molecule has 4 nitrogen and oxygen atoms in total. The third-order valence-electron chi connectivity index (χ3n) is 1.81. The van der Waals surface area contributed by atoms with E-state index in [-0.39, 0.29) is 12.0 Å². The number of anilines is 1. The van der Waals surface area contributed by atoms with Crippen LogP contribution in [0.3, 0.4) is 0 Å². The number of pyridine rings is 1. The minimum absolute atomic E-state index is 0.238. The summed E-state index contributed by atoms with van der Waals surface area (Å²) in [6.07, 6.45) is 1.51. The minimum Gasteiger partial charge on any atom is -0.462 e. The number of ether oxygens (including phenoxy) is 1. The summed E-state index contributed by atoms with van der Waals surface area (Å²) in [6.45, 7) is 6.14. The number of aromatic nitrogens is 1. The van der Waals surface area contributed by atoms with Gasteiger partial charge in [0.25, 0.3) is 0 Å². The Morgan fingerprint density at radius 2 is 2.31 bits per heavy atom. The summed E-state index contributed by atoms with van der Waals surface area (Å²) in [7, 11) is 0. The van der Waals surface area contributed by atoms with Gasteiger partial charge in [-0.15, -0.1) is 0 Å². The number of halogens is 1. The second kappa shape index (κ2) is 5.84. The van der Waals surface area contributed by atoms with E-state index in [0.717, 1.165) is 5.69 Å². The molecular weight excluding hydrogens is 272 g/mol. The third-order valence-corrected chi connectivity index (χ3v) is 2.24. The van der Waals surface area contributed by atoms with E-state index in [4.69, 9.17) is 4.74 Å². The fourth-order valence-electron chi connectivity index (χ4n) is 1.23. The second-order valence-corrected chi connectivity index (χ2v) is 4.38. The Kier molecular flexibility index (Phi) is 4.73. The monoisotopic (exact) mass is 286 g/mol. The molecule has 0 aromatic carbocycles. The number of nitrogens with one attached hydrogen (secondary N) is 1. The standard InChI is InChI=1S/C11H15BrN2O2/c1-4-16-11(15)8-6-13-10(12)5-9(8)14-7(2)3/h5-7H,4H2,1-3H3,(H,13,14). The zero-order valence-electron chi connectivity index (χ0n) is 9.58. The first-order valence-electron chi connectivity index (χ1n) is 5.13. The molecular formula is C11H15BrN2O2. The van der Waals surface area contributed by atoms with Crippen molar-refractivity contribution in [2.24, 2.45) is 0 Å². The van der Waals surface area contributed by atoms with E-state index in [0.29, 0.717) is 16.8 Å². The lowest BCUT2D eigenvalue weighted by molar-refractivity contribution is 0.0527. The van der Waals surface area contributed by atoms with Crippen LogP contribution in [-0.2, 0) is 4.74 Å². The topological polar surface area (TPSA) is 51.2 Å². The van der Waals surface area contributed by atoms with Gasteiger partial charge in [0.15, 0.2) is 0 Å². The van der Waals surface area contributed by atoms with Crippen LogP contribution in [0.1, 0.15) is 31.1 Å². The molecule has 5 heteroatoms. The molecule has 1 aromatic rings. The van der Waals surface area contributed by atoms with E-state index >= 15 is 0 Å². The number of esters is 1. The molecule has 0 aliphatic rings. The Morgan fingerprint density at radius 1 is 1.62 bits per heavy atom. The highest BCUT2D eigenvalue weighted by Gasteiger charge is 2.14. The zero-order chi connectivity index (χ0) is 12.1. The minimum atomic E-state index is -0.356. The molecule has 0 atom stereocenters. The summed E-state index contributed by atoms with van der Waals surface area (Å²) < 4.78 is 5.64. The smallest absolute Gasteiger partial charge is 0.341 e. The van der Waals surface area contributed by atoms with Crippen LogP contribution >= 0.6 is 15.9 Å². The lowest BCUT2D eigenvalue weighted by Crippen LogP contribution is -2.15. The number of carbonyl (C=O) groups is 1. The van der Waals surface area contributed by atoms with Gasteiger partial charge in [-0.25, -0.2) is 9.78 Å². The van der Waals surface area contributed by atoms with Gasteiger partial charge in [-0.2, -0.15) is 0 Å². The van der Waals surface area contributed by atoms with E-state index in [9.17, 15) is 4.79 Å². The van der Waals surface area contributed by atoms with Crippen molar-refractivity contribution in [3.8, 4) is 0 Å².